The predicted octanol–water partition coefficient (Wildman–Crippen LogP) is 1.22. The van der Waals surface area contributed by atoms with Crippen LogP contribution in [0, 0.1) is 0 Å². The molecule has 5 heteroatoms. The van der Waals surface area contributed by atoms with Gasteiger partial charge in [0.1, 0.15) is 17.6 Å². The van der Waals surface area contributed by atoms with Crippen LogP contribution in [-0.4, -0.2) is 31.2 Å². The second kappa shape index (κ2) is 4.96. The SMILES string of the molecule is COc1ccc(OC)c2c1C[C@@H](C(C)=O)O[C@@H]2O. The number of methoxy groups -OCH3 is 2. The number of aliphatic hydroxyl groups excluding tert-OH is 1. The lowest BCUT2D eigenvalue weighted by Gasteiger charge is -2.30. The quantitative estimate of drug-likeness (QED) is 0.876. The molecule has 1 aliphatic heterocycles. The number of rotatable bonds is 3. The molecule has 2 atom stereocenters. The summed E-state index contributed by atoms with van der Waals surface area (Å²) in [6.45, 7) is 1.44. The molecule has 0 spiro atoms. The monoisotopic (exact) mass is 252 g/mol. The van der Waals surface area contributed by atoms with Gasteiger partial charge >= 0.3 is 0 Å². The van der Waals surface area contributed by atoms with Gasteiger partial charge < -0.3 is 19.3 Å². The van der Waals surface area contributed by atoms with Gasteiger partial charge in [-0.3, -0.25) is 4.79 Å². The number of benzene rings is 1. The van der Waals surface area contributed by atoms with Gasteiger partial charge in [0.25, 0.3) is 0 Å². The predicted molar refractivity (Wildman–Crippen MR) is 63.8 cm³/mol. The van der Waals surface area contributed by atoms with E-state index in [2.05, 4.69) is 0 Å². The first-order valence-corrected chi connectivity index (χ1v) is 5.66. The Hall–Kier alpha value is -1.59. The molecule has 1 N–H and O–H groups in total. The van der Waals surface area contributed by atoms with E-state index in [0.29, 0.717) is 23.5 Å². The van der Waals surface area contributed by atoms with Crippen molar-refractivity contribution in [1.82, 2.24) is 0 Å². The molecule has 1 heterocycles. The summed E-state index contributed by atoms with van der Waals surface area (Å²) >= 11 is 0. The minimum atomic E-state index is -1.17. The summed E-state index contributed by atoms with van der Waals surface area (Å²) in [6.07, 6.45) is -1.44. The van der Waals surface area contributed by atoms with Gasteiger partial charge in [0.05, 0.1) is 19.8 Å². The van der Waals surface area contributed by atoms with E-state index < -0.39 is 12.4 Å². The lowest BCUT2D eigenvalue weighted by Crippen LogP contribution is -2.32. The van der Waals surface area contributed by atoms with Gasteiger partial charge in [-0.05, 0) is 19.1 Å². The van der Waals surface area contributed by atoms with E-state index in [9.17, 15) is 9.90 Å². The number of ether oxygens (including phenoxy) is 3. The summed E-state index contributed by atoms with van der Waals surface area (Å²) in [5.74, 6) is 1.03. The fourth-order valence-corrected chi connectivity index (χ4v) is 2.17. The van der Waals surface area contributed by atoms with E-state index >= 15 is 0 Å². The first-order valence-electron chi connectivity index (χ1n) is 5.66. The Kier molecular flexibility index (Phi) is 3.54. The molecular weight excluding hydrogens is 236 g/mol. The Balaban J connectivity index is 2.52. The van der Waals surface area contributed by atoms with Crippen molar-refractivity contribution in [3.05, 3.63) is 23.3 Å². The number of carbonyl (C=O) groups excluding carboxylic acids is 1. The Morgan fingerprint density at radius 2 is 1.94 bits per heavy atom. The summed E-state index contributed by atoms with van der Waals surface area (Å²) < 4.78 is 15.7. The van der Waals surface area contributed by atoms with Crippen LogP contribution in [0.3, 0.4) is 0 Å². The lowest BCUT2D eigenvalue weighted by molar-refractivity contribution is -0.165. The fraction of sp³-hybridized carbons (Fsp3) is 0.462. The summed E-state index contributed by atoms with van der Waals surface area (Å²) in [4.78, 5) is 11.4. The van der Waals surface area contributed by atoms with Crippen LogP contribution in [0.15, 0.2) is 12.1 Å². The third kappa shape index (κ3) is 2.07. The van der Waals surface area contributed by atoms with Crippen molar-refractivity contribution in [1.29, 1.82) is 0 Å². The molecule has 0 saturated carbocycles. The third-order valence-electron chi connectivity index (χ3n) is 3.10. The zero-order valence-corrected chi connectivity index (χ0v) is 10.6. The molecule has 1 aromatic carbocycles. The fourth-order valence-electron chi connectivity index (χ4n) is 2.17. The van der Waals surface area contributed by atoms with Crippen LogP contribution in [0.25, 0.3) is 0 Å². The van der Waals surface area contributed by atoms with Crippen LogP contribution in [0.5, 0.6) is 11.5 Å². The Morgan fingerprint density at radius 1 is 1.33 bits per heavy atom. The summed E-state index contributed by atoms with van der Waals surface area (Å²) in [6, 6.07) is 3.46. The lowest BCUT2D eigenvalue weighted by atomic mass is 9.94. The minimum Gasteiger partial charge on any atom is -0.496 e. The van der Waals surface area contributed by atoms with Gasteiger partial charge in [0.15, 0.2) is 12.1 Å². The van der Waals surface area contributed by atoms with E-state index in [1.807, 2.05) is 0 Å². The number of hydrogen-bond donors (Lipinski definition) is 1. The maximum absolute atomic E-state index is 11.4. The second-order valence-electron chi connectivity index (χ2n) is 4.15. The molecule has 0 aliphatic carbocycles. The van der Waals surface area contributed by atoms with Crippen molar-refractivity contribution in [2.75, 3.05) is 14.2 Å². The van der Waals surface area contributed by atoms with E-state index in [4.69, 9.17) is 14.2 Å². The van der Waals surface area contributed by atoms with Gasteiger partial charge in [-0.1, -0.05) is 0 Å². The number of hydrogen-bond acceptors (Lipinski definition) is 5. The van der Waals surface area contributed by atoms with Gasteiger partial charge in [-0.2, -0.15) is 0 Å². The highest BCUT2D eigenvalue weighted by atomic mass is 16.6. The van der Waals surface area contributed by atoms with Gasteiger partial charge in [-0.15, -0.1) is 0 Å². The van der Waals surface area contributed by atoms with Crippen molar-refractivity contribution < 1.29 is 24.1 Å². The first kappa shape index (κ1) is 12.9. The molecule has 0 unspecified atom stereocenters. The maximum Gasteiger partial charge on any atom is 0.186 e. The maximum atomic E-state index is 11.4. The van der Waals surface area contributed by atoms with Crippen LogP contribution < -0.4 is 9.47 Å². The highest BCUT2D eigenvalue weighted by molar-refractivity contribution is 5.81. The van der Waals surface area contributed by atoms with Gasteiger partial charge in [-0.25, -0.2) is 0 Å². The topological polar surface area (TPSA) is 65.0 Å². The van der Waals surface area contributed by atoms with Crippen LogP contribution >= 0.6 is 0 Å². The van der Waals surface area contributed by atoms with Crippen LogP contribution in [0.1, 0.15) is 24.3 Å². The van der Waals surface area contributed by atoms with Crippen LogP contribution in [0.2, 0.25) is 0 Å². The molecule has 0 radical (unpaired) electrons. The second-order valence-corrected chi connectivity index (χ2v) is 4.15. The largest absolute Gasteiger partial charge is 0.496 e. The zero-order chi connectivity index (χ0) is 13.3. The van der Waals surface area contributed by atoms with Crippen molar-refractivity contribution in [3.8, 4) is 11.5 Å². The number of aliphatic hydroxyl groups is 1. The number of fused-ring (bicyclic) bond motifs is 1. The summed E-state index contributed by atoms with van der Waals surface area (Å²) in [5, 5.41) is 10.0. The highest BCUT2D eigenvalue weighted by Gasteiger charge is 2.33. The molecule has 1 aliphatic rings. The normalized spacial score (nSPS) is 22.2. The zero-order valence-electron chi connectivity index (χ0n) is 10.6. The van der Waals surface area contributed by atoms with Gasteiger partial charge in [0.2, 0.25) is 0 Å². The Bertz CT molecular complexity index is 469. The van der Waals surface area contributed by atoms with Crippen molar-refractivity contribution in [2.24, 2.45) is 0 Å². The van der Waals surface area contributed by atoms with Crippen molar-refractivity contribution >= 4 is 5.78 Å². The average Bonchev–Trinajstić information content (AvgIpc) is 2.37. The molecule has 2 rings (SSSR count). The molecule has 5 nitrogen and oxygen atoms in total. The Morgan fingerprint density at radius 3 is 2.50 bits per heavy atom. The molecule has 1 aromatic rings. The Labute approximate surface area is 105 Å². The highest BCUT2D eigenvalue weighted by Crippen LogP contribution is 2.40. The molecule has 0 aromatic heterocycles. The van der Waals surface area contributed by atoms with E-state index in [1.54, 1.807) is 19.2 Å². The average molecular weight is 252 g/mol. The number of Topliss-reactive ketones (excluding diaryl/α,β-unsaturated/α-hetero) is 1. The summed E-state index contributed by atoms with van der Waals surface area (Å²) in [7, 11) is 3.07. The van der Waals surface area contributed by atoms with E-state index in [1.165, 1.54) is 14.0 Å². The van der Waals surface area contributed by atoms with Crippen LogP contribution in [0.4, 0.5) is 0 Å². The first-order chi connectivity index (χ1) is 8.58. The molecule has 0 bridgehead atoms. The van der Waals surface area contributed by atoms with Crippen molar-refractivity contribution in [2.45, 2.75) is 25.7 Å². The van der Waals surface area contributed by atoms with E-state index in [-0.39, 0.29) is 5.78 Å². The van der Waals surface area contributed by atoms with Crippen molar-refractivity contribution in [3.63, 3.8) is 0 Å². The third-order valence-corrected chi connectivity index (χ3v) is 3.10. The molecule has 0 fully saturated rings. The standard InChI is InChI=1S/C13H16O5/c1-7(14)11-6-8-9(16-2)4-5-10(17-3)12(8)13(15)18-11/h4-5,11,13,15H,6H2,1-3H3/t11-,13-/m0/s1. The molecule has 98 valence electrons. The number of carbonyl (C=O) groups is 1. The van der Waals surface area contributed by atoms with Crippen LogP contribution in [-0.2, 0) is 16.0 Å². The minimum absolute atomic E-state index is 0.121. The molecule has 0 amide bonds. The molecule has 18 heavy (non-hydrogen) atoms. The summed E-state index contributed by atoms with van der Waals surface area (Å²) in [5.41, 5.74) is 1.30. The molecule has 0 saturated heterocycles. The van der Waals surface area contributed by atoms with Gasteiger partial charge in [0, 0.05) is 12.0 Å². The molecular formula is C13H16O5. The van der Waals surface area contributed by atoms with E-state index in [0.717, 1.165) is 5.56 Å². The number of ketones is 1. The smallest absolute Gasteiger partial charge is 0.186 e.